The predicted molar refractivity (Wildman–Crippen MR) is 42.7 cm³/mol. The first-order chi connectivity index (χ1) is 6.02. The number of alkyl halides is 2. The molecule has 3 nitrogen and oxygen atoms in total. The fraction of sp³-hybridized carbons (Fsp3) is 0.250. The molecule has 1 aromatic rings. The van der Waals surface area contributed by atoms with Crippen molar-refractivity contribution in [3.8, 4) is 11.5 Å². The van der Waals surface area contributed by atoms with Crippen LogP contribution >= 0.6 is 0 Å². The van der Waals surface area contributed by atoms with E-state index in [-0.39, 0.29) is 11.3 Å². The van der Waals surface area contributed by atoms with Crippen LogP contribution in [0.15, 0.2) is 18.2 Å². The predicted octanol–water partition coefficient (Wildman–Crippen LogP) is 1.36. The monoisotopic (exact) mass is 189 g/mol. The van der Waals surface area contributed by atoms with Crippen molar-refractivity contribution in [1.29, 1.82) is 0 Å². The summed E-state index contributed by atoms with van der Waals surface area (Å²) in [4.78, 5) is 0. The fourth-order valence-corrected chi connectivity index (χ4v) is 0.893. The fourth-order valence-electron chi connectivity index (χ4n) is 0.893. The van der Waals surface area contributed by atoms with Crippen molar-refractivity contribution in [1.82, 2.24) is 0 Å². The number of halogens is 2. The third-order valence-corrected chi connectivity index (χ3v) is 1.66. The number of nitrogens with two attached hydrogens (primary N) is 1. The highest BCUT2D eigenvalue weighted by molar-refractivity contribution is 5.41. The summed E-state index contributed by atoms with van der Waals surface area (Å²) in [6.45, 7) is 0. The lowest BCUT2D eigenvalue weighted by atomic mass is 10.1. The van der Waals surface area contributed by atoms with Crippen molar-refractivity contribution in [3.05, 3.63) is 23.8 Å². The number of hydrogen-bond acceptors (Lipinski definition) is 3. The lowest BCUT2D eigenvalue weighted by molar-refractivity contribution is 0.116. The van der Waals surface area contributed by atoms with Gasteiger partial charge in [0.1, 0.15) is 0 Å². The summed E-state index contributed by atoms with van der Waals surface area (Å²) in [6.07, 6.45) is -2.69. The Morgan fingerprint density at radius 1 is 1.15 bits per heavy atom. The smallest absolute Gasteiger partial charge is 0.257 e. The average molecular weight is 189 g/mol. The second-order valence-corrected chi connectivity index (χ2v) is 2.61. The van der Waals surface area contributed by atoms with Gasteiger partial charge in [0.15, 0.2) is 11.5 Å². The van der Waals surface area contributed by atoms with Crippen LogP contribution in [0, 0.1) is 0 Å². The first kappa shape index (κ1) is 9.73. The van der Waals surface area contributed by atoms with Gasteiger partial charge in [0.25, 0.3) is 6.43 Å². The maximum absolute atomic E-state index is 12.1. The Kier molecular flexibility index (Phi) is 2.67. The summed E-state index contributed by atoms with van der Waals surface area (Å²) in [7, 11) is 0. The average Bonchev–Trinajstić information content (AvgIpc) is 2.08. The molecule has 5 heteroatoms. The number of phenols is 2. The number of phenolic OH excluding ortho intramolecular Hbond substituents is 2. The van der Waals surface area contributed by atoms with Crippen LogP contribution in [-0.4, -0.2) is 16.6 Å². The van der Waals surface area contributed by atoms with E-state index < -0.39 is 18.2 Å². The minimum atomic E-state index is -2.69. The van der Waals surface area contributed by atoms with Gasteiger partial charge in [-0.2, -0.15) is 0 Å². The second kappa shape index (κ2) is 3.57. The zero-order chi connectivity index (χ0) is 10.0. The second-order valence-electron chi connectivity index (χ2n) is 2.61. The highest BCUT2D eigenvalue weighted by Crippen LogP contribution is 2.28. The molecule has 0 aliphatic rings. The Bertz CT molecular complexity index is 304. The van der Waals surface area contributed by atoms with E-state index in [0.29, 0.717) is 0 Å². The maximum Gasteiger partial charge on any atom is 0.257 e. The van der Waals surface area contributed by atoms with E-state index in [9.17, 15) is 8.78 Å². The maximum atomic E-state index is 12.1. The van der Waals surface area contributed by atoms with Crippen LogP contribution in [0.5, 0.6) is 11.5 Å². The molecule has 0 heterocycles. The first-order valence-corrected chi connectivity index (χ1v) is 3.58. The third-order valence-electron chi connectivity index (χ3n) is 1.66. The highest BCUT2D eigenvalue weighted by Gasteiger charge is 2.18. The summed E-state index contributed by atoms with van der Waals surface area (Å²) >= 11 is 0. The summed E-state index contributed by atoms with van der Waals surface area (Å²) in [5.74, 6) is -0.807. The van der Waals surface area contributed by atoms with Crippen LogP contribution in [0.25, 0.3) is 0 Å². The molecule has 0 bridgehead atoms. The van der Waals surface area contributed by atoms with Crippen molar-refractivity contribution in [2.45, 2.75) is 12.5 Å². The summed E-state index contributed by atoms with van der Waals surface area (Å²) < 4.78 is 24.2. The van der Waals surface area contributed by atoms with E-state index in [1.807, 2.05) is 0 Å². The number of hydrogen-bond donors (Lipinski definition) is 3. The zero-order valence-corrected chi connectivity index (χ0v) is 6.61. The first-order valence-electron chi connectivity index (χ1n) is 3.58. The van der Waals surface area contributed by atoms with Gasteiger partial charge in [0.2, 0.25) is 0 Å². The van der Waals surface area contributed by atoms with Gasteiger partial charge in [-0.15, -0.1) is 0 Å². The molecule has 0 aliphatic carbocycles. The summed E-state index contributed by atoms with van der Waals surface area (Å²) in [6, 6.07) is 1.94. The molecule has 0 spiro atoms. The quantitative estimate of drug-likeness (QED) is 0.615. The standard InChI is InChI=1S/C8H9F2NO2/c9-8(10)7(11)4-1-2-5(12)6(13)3-4/h1-3,7-8,12-13H,11H2/t7-/m1/s1. The summed E-state index contributed by atoms with van der Waals surface area (Å²) in [5.41, 5.74) is 5.20. The lowest BCUT2D eigenvalue weighted by Crippen LogP contribution is -2.18. The molecule has 72 valence electrons. The van der Waals surface area contributed by atoms with Gasteiger partial charge in [-0.05, 0) is 17.7 Å². The van der Waals surface area contributed by atoms with E-state index in [4.69, 9.17) is 15.9 Å². The van der Waals surface area contributed by atoms with Gasteiger partial charge in [0.05, 0.1) is 6.04 Å². The van der Waals surface area contributed by atoms with Crippen molar-refractivity contribution in [2.24, 2.45) is 5.73 Å². The topological polar surface area (TPSA) is 66.5 Å². The Morgan fingerprint density at radius 3 is 2.23 bits per heavy atom. The largest absolute Gasteiger partial charge is 0.504 e. The molecule has 13 heavy (non-hydrogen) atoms. The van der Waals surface area contributed by atoms with Gasteiger partial charge in [-0.25, -0.2) is 8.78 Å². The van der Waals surface area contributed by atoms with Gasteiger partial charge in [0, 0.05) is 0 Å². The Balaban J connectivity index is 2.97. The number of rotatable bonds is 2. The molecule has 0 aromatic heterocycles. The Morgan fingerprint density at radius 2 is 1.77 bits per heavy atom. The van der Waals surface area contributed by atoms with E-state index in [2.05, 4.69) is 0 Å². The van der Waals surface area contributed by atoms with Gasteiger partial charge >= 0.3 is 0 Å². The van der Waals surface area contributed by atoms with Crippen LogP contribution < -0.4 is 5.73 Å². The SMILES string of the molecule is N[C@H](c1ccc(O)c(O)c1)C(F)F. The van der Waals surface area contributed by atoms with Crippen molar-refractivity contribution in [3.63, 3.8) is 0 Å². The molecule has 0 fully saturated rings. The molecule has 1 aromatic carbocycles. The van der Waals surface area contributed by atoms with Gasteiger partial charge in [-0.3, -0.25) is 0 Å². The van der Waals surface area contributed by atoms with Gasteiger partial charge in [-0.1, -0.05) is 6.07 Å². The van der Waals surface area contributed by atoms with Crippen molar-refractivity contribution >= 4 is 0 Å². The zero-order valence-electron chi connectivity index (χ0n) is 6.61. The Labute approximate surface area is 73.4 Å². The highest BCUT2D eigenvalue weighted by atomic mass is 19.3. The normalized spacial score (nSPS) is 13.2. The van der Waals surface area contributed by atoms with E-state index in [1.165, 1.54) is 6.07 Å². The van der Waals surface area contributed by atoms with E-state index >= 15 is 0 Å². The molecule has 0 amide bonds. The number of benzene rings is 1. The lowest BCUT2D eigenvalue weighted by Gasteiger charge is -2.10. The molecule has 0 radical (unpaired) electrons. The van der Waals surface area contributed by atoms with E-state index in [0.717, 1.165) is 12.1 Å². The van der Waals surface area contributed by atoms with E-state index in [1.54, 1.807) is 0 Å². The molecular weight excluding hydrogens is 180 g/mol. The van der Waals surface area contributed by atoms with Crippen molar-refractivity contribution < 1.29 is 19.0 Å². The molecule has 0 saturated carbocycles. The van der Waals surface area contributed by atoms with Gasteiger partial charge < -0.3 is 15.9 Å². The molecule has 0 unspecified atom stereocenters. The molecule has 0 aliphatic heterocycles. The van der Waals surface area contributed by atoms with Crippen LogP contribution in [0.1, 0.15) is 11.6 Å². The molecule has 1 rings (SSSR count). The Hall–Kier alpha value is -1.36. The molecule has 1 atom stereocenters. The molecular formula is C8H9F2NO2. The van der Waals surface area contributed by atoms with Crippen LogP contribution in [0.3, 0.4) is 0 Å². The van der Waals surface area contributed by atoms with Crippen LogP contribution in [-0.2, 0) is 0 Å². The molecule has 0 saturated heterocycles. The third kappa shape index (κ3) is 2.06. The van der Waals surface area contributed by atoms with Crippen LogP contribution in [0.4, 0.5) is 8.78 Å². The van der Waals surface area contributed by atoms with Crippen molar-refractivity contribution in [2.75, 3.05) is 0 Å². The molecule has 4 N–H and O–H groups in total. The summed E-state index contributed by atoms with van der Waals surface area (Å²) in [5, 5.41) is 17.9. The minimum Gasteiger partial charge on any atom is -0.504 e. The minimum absolute atomic E-state index is 0.0882. The van der Waals surface area contributed by atoms with Crippen LogP contribution in [0.2, 0.25) is 0 Å². The number of aromatic hydroxyl groups is 2.